The molecule has 1 aromatic rings. The summed E-state index contributed by atoms with van der Waals surface area (Å²) in [6.07, 6.45) is -5.05. The van der Waals surface area contributed by atoms with E-state index in [0.717, 1.165) is 16.3 Å². The molecule has 1 heterocycles. The average molecular weight is 569 g/mol. The van der Waals surface area contributed by atoms with Gasteiger partial charge in [0.2, 0.25) is 23.4 Å². The summed E-state index contributed by atoms with van der Waals surface area (Å²) in [7, 11) is 1.41. The lowest BCUT2D eigenvalue weighted by molar-refractivity contribution is -0.496. The zero-order valence-electron chi connectivity index (χ0n) is 21.0. The molecule has 1 rings (SSSR count). The molecule has 0 aliphatic heterocycles. The second-order valence-corrected chi connectivity index (χ2v) is 9.67. The number of thiazole rings is 1. The Bertz CT molecular complexity index is 934. The minimum absolute atomic E-state index is 0.0133. The van der Waals surface area contributed by atoms with Crippen LogP contribution < -0.4 is 10.6 Å². The zero-order chi connectivity index (χ0) is 28.9. The lowest BCUT2D eigenvalue weighted by Crippen LogP contribution is -2.51. The lowest BCUT2D eigenvalue weighted by Gasteiger charge is -2.32. The number of nitrogens with one attached hydrogen (secondary N) is 2. The standard InChI is InChI=1S/C20H31F3N8O6S/c1-13(2)11-14(16(30(35)12-32)6-7-20(21,22)23)17(33)25-15(18(34)26-19-24-8-10-38-19)5-4-9-29(3)27-28-31(36)37/h8,10,12-16,35H,4-7,9,11H2,1-3H3,(H,25,33)(H,24,26,34)/t14-,15+,16+/m1/s1. The Labute approximate surface area is 220 Å². The van der Waals surface area contributed by atoms with Crippen LogP contribution in [0.2, 0.25) is 0 Å². The molecule has 14 nitrogen and oxygen atoms in total. The van der Waals surface area contributed by atoms with Gasteiger partial charge in [0.1, 0.15) is 6.04 Å². The van der Waals surface area contributed by atoms with E-state index in [1.807, 2.05) is 0 Å². The first-order valence-electron chi connectivity index (χ1n) is 11.5. The van der Waals surface area contributed by atoms with E-state index in [4.69, 9.17) is 0 Å². The van der Waals surface area contributed by atoms with Crippen molar-refractivity contribution in [3.63, 3.8) is 0 Å². The van der Waals surface area contributed by atoms with E-state index in [1.54, 1.807) is 19.2 Å². The SMILES string of the molecule is CC(C)C[C@@H](C(=O)N[C@@H](CCCN(C)N=N[N+](=O)[O-])C(=O)Nc1nccs1)[C@H](CCC(F)(F)F)N(O)C=O. The summed E-state index contributed by atoms with van der Waals surface area (Å²) in [5.41, 5.74) is 0. The molecule has 0 unspecified atom stereocenters. The van der Waals surface area contributed by atoms with E-state index in [1.165, 1.54) is 13.2 Å². The summed E-state index contributed by atoms with van der Waals surface area (Å²) in [6.45, 7) is 3.55. The summed E-state index contributed by atoms with van der Waals surface area (Å²) >= 11 is 1.12. The summed E-state index contributed by atoms with van der Waals surface area (Å²) < 4.78 is 38.7. The average Bonchev–Trinajstić information content (AvgIpc) is 3.33. The van der Waals surface area contributed by atoms with Gasteiger partial charge in [0, 0.05) is 25.0 Å². The van der Waals surface area contributed by atoms with Crippen LogP contribution >= 0.6 is 11.3 Å². The molecule has 0 aliphatic rings. The first-order valence-corrected chi connectivity index (χ1v) is 12.4. The Morgan fingerprint density at radius 1 is 1.32 bits per heavy atom. The Kier molecular flexibility index (Phi) is 13.5. The molecule has 214 valence electrons. The lowest BCUT2D eigenvalue weighted by atomic mass is 9.86. The molecular weight excluding hydrogens is 537 g/mol. The first-order chi connectivity index (χ1) is 17.7. The Balaban J connectivity index is 3.11. The van der Waals surface area contributed by atoms with Crippen LogP contribution in [0.15, 0.2) is 22.0 Å². The molecule has 0 aromatic carbocycles. The number of alkyl halides is 3. The maximum Gasteiger partial charge on any atom is 0.389 e. The van der Waals surface area contributed by atoms with Gasteiger partial charge in [0.15, 0.2) is 10.4 Å². The number of hydroxylamine groups is 2. The molecule has 0 saturated heterocycles. The van der Waals surface area contributed by atoms with E-state index >= 15 is 0 Å². The topological polar surface area (TPSA) is 183 Å². The highest BCUT2D eigenvalue weighted by molar-refractivity contribution is 7.13. The second-order valence-electron chi connectivity index (χ2n) is 8.77. The van der Waals surface area contributed by atoms with Crippen molar-refractivity contribution in [2.45, 2.75) is 64.2 Å². The van der Waals surface area contributed by atoms with Crippen LogP contribution in [-0.4, -0.2) is 75.4 Å². The highest BCUT2D eigenvalue weighted by atomic mass is 32.1. The van der Waals surface area contributed by atoms with Crippen molar-refractivity contribution in [2.75, 3.05) is 18.9 Å². The van der Waals surface area contributed by atoms with E-state index in [-0.39, 0.29) is 48.3 Å². The van der Waals surface area contributed by atoms with Crippen molar-refractivity contribution < 1.29 is 37.8 Å². The molecule has 3 amide bonds. The summed E-state index contributed by atoms with van der Waals surface area (Å²) in [5.74, 6) is -2.96. The number of carbonyl (C=O) groups is 3. The van der Waals surface area contributed by atoms with Gasteiger partial charge in [-0.05, 0) is 31.6 Å². The smallest absolute Gasteiger partial charge is 0.344 e. The van der Waals surface area contributed by atoms with Crippen molar-refractivity contribution >= 4 is 34.7 Å². The molecule has 3 N–H and O–H groups in total. The minimum atomic E-state index is -4.59. The summed E-state index contributed by atoms with van der Waals surface area (Å²) in [4.78, 5) is 51.7. The predicted octanol–water partition coefficient (Wildman–Crippen LogP) is 3.06. The predicted molar refractivity (Wildman–Crippen MR) is 128 cm³/mol. The number of nitro groups is 1. The fourth-order valence-electron chi connectivity index (χ4n) is 3.55. The number of halogens is 3. The van der Waals surface area contributed by atoms with Gasteiger partial charge in [-0.2, -0.15) is 18.2 Å². The maximum atomic E-state index is 13.3. The second kappa shape index (κ2) is 15.8. The fourth-order valence-corrected chi connectivity index (χ4v) is 4.08. The van der Waals surface area contributed by atoms with Crippen molar-refractivity contribution in [1.82, 2.24) is 20.4 Å². The fraction of sp³-hybridized carbons (Fsp3) is 0.700. The summed E-state index contributed by atoms with van der Waals surface area (Å²) in [6, 6.07) is -2.68. The highest BCUT2D eigenvalue weighted by Gasteiger charge is 2.38. The van der Waals surface area contributed by atoms with E-state index in [9.17, 15) is 42.9 Å². The largest absolute Gasteiger partial charge is 0.389 e. The Morgan fingerprint density at radius 3 is 2.53 bits per heavy atom. The maximum absolute atomic E-state index is 13.3. The van der Waals surface area contributed by atoms with Gasteiger partial charge < -0.3 is 20.7 Å². The van der Waals surface area contributed by atoms with Gasteiger partial charge >= 0.3 is 6.18 Å². The Hall–Kier alpha value is -3.41. The van der Waals surface area contributed by atoms with Crippen LogP contribution in [0.5, 0.6) is 0 Å². The van der Waals surface area contributed by atoms with Gasteiger partial charge in [0.25, 0.3) is 0 Å². The molecule has 0 fully saturated rings. The molecule has 0 radical (unpaired) electrons. The number of rotatable bonds is 17. The Morgan fingerprint density at radius 2 is 2.00 bits per heavy atom. The van der Waals surface area contributed by atoms with E-state index in [0.29, 0.717) is 0 Å². The number of amides is 3. The van der Waals surface area contributed by atoms with Gasteiger partial charge in [-0.25, -0.2) is 10.0 Å². The van der Waals surface area contributed by atoms with Crippen LogP contribution in [0, 0.1) is 22.0 Å². The van der Waals surface area contributed by atoms with Crippen LogP contribution in [0.4, 0.5) is 18.3 Å². The molecule has 38 heavy (non-hydrogen) atoms. The van der Waals surface area contributed by atoms with E-state index < -0.39 is 53.9 Å². The third-order valence-corrected chi connectivity index (χ3v) is 5.92. The normalized spacial score (nSPS) is 14.1. The summed E-state index contributed by atoms with van der Waals surface area (Å²) in [5, 5.41) is 33.6. The number of anilines is 1. The number of hydrogen-bond donors (Lipinski definition) is 3. The molecule has 0 saturated carbocycles. The molecular formula is C20H31F3N8O6S. The number of carbonyl (C=O) groups excluding carboxylic acids is 3. The number of nitrogens with zero attached hydrogens (tertiary/aromatic N) is 6. The molecule has 3 atom stereocenters. The van der Waals surface area contributed by atoms with Crippen LogP contribution in [-0.2, 0) is 14.4 Å². The van der Waals surface area contributed by atoms with Crippen molar-refractivity contribution in [2.24, 2.45) is 22.3 Å². The van der Waals surface area contributed by atoms with E-state index in [2.05, 4.69) is 26.1 Å². The van der Waals surface area contributed by atoms with Crippen molar-refractivity contribution in [3.8, 4) is 0 Å². The minimum Gasteiger partial charge on any atom is -0.344 e. The van der Waals surface area contributed by atoms with Gasteiger partial charge in [0.05, 0.1) is 23.5 Å². The molecule has 0 aliphatic carbocycles. The first kappa shape index (κ1) is 32.6. The third-order valence-electron chi connectivity index (χ3n) is 5.23. The van der Waals surface area contributed by atoms with Gasteiger partial charge in [-0.3, -0.25) is 19.6 Å². The monoisotopic (exact) mass is 568 g/mol. The zero-order valence-corrected chi connectivity index (χ0v) is 21.8. The van der Waals surface area contributed by atoms with Crippen LogP contribution in [0.3, 0.4) is 0 Å². The van der Waals surface area contributed by atoms with Gasteiger partial charge in [-0.15, -0.1) is 11.3 Å². The van der Waals surface area contributed by atoms with Crippen LogP contribution in [0.25, 0.3) is 0 Å². The number of aromatic nitrogens is 1. The molecule has 1 aromatic heterocycles. The molecule has 0 bridgehead atoms. The molecule has 0 spiro atoms. The van der Waals surface area contributed by atoms with Crippen LogP contribution in [0.1, 0.15) is 46.0 Å². The molecule has 18 heteroatoms. The third kappa shape index (κ3) is 12.7. The number of hydrogen-bond acceptors (Lipinski definition) is 9. The van der Waals surface area contributed by atoms with Crippen molar-refractivity contribution in [1.29, 1.82) is 0 Å². The van der Waals surface area contributed by atoms with Crippen molar-refractivity contribution in [3.05, 3.63) is 21.7 Å². The quantitative estimate of drug-likeness (QED) is 0.0842. The highest BCUT2D eigenvalue weighted by Crippen LogP contribution is 2.29. The van der Waals surface area contributed by atoms with Gasteiger partial charge in [-0.1, -0.05) is 13.8 Å².